The van der Waals surface area contributed by atoms with Gasteiger partial charge in [0, 0.05) is 11.5 Å². The Morgan fingerprint density at radius 1 is 0.944 bits per heavy atom. The van der Waals surface area contributed by atoms with Crippen molar-refractivity contribution in [3.05, 3.63) is 76.9 Å². The summed E-state index contributed by atoms with van der Waals surface area (Å²) >= 11 is 0. The number of hydrogen-bond donors (Lipinski definition) is 0. The van der Waals surface area contributed by atoms with Gasteiger partial charge in [-0.2, -0.15) is 0 Å². The van der Waals surface area contributed by atoms with E-state index >= 15 is 0 Å². The van der Waals surface area contributed by atoms with E-state index < -0.39 is 23.7 Å². The number of halogens is 5. The van der Waals surface area contributed by atoms with Gasteiger partial charge in [-0.25, -0.2) is 8.78 Å². The molecule has 3 aromatic rings. The van der Waals surface area contributed by atoms with Crippen LogP contribution in [-0.4, -0.2) is 6.36 Å². The number of hydrogen-bond acceptors (Lipinski definition) is 1. The van der Waals surface area contributed by atoms with Gasteiger partial charge in [0.1, 0.15) is 0 Å². The summed E-state index contributed by atoms with van der Waals surface area (Å²) in [6.07, 6.45) is 3.59. The zero-order chi connectivity index (χ0) is 25.7. The van der Waals surface area contributed by atoms with Crippen LogP contribution < -0.4 is 4.74 Å². The Morgan fingerprint density at radius 2 is 1.67 bits per heavy atom. The summed E-state index contributed by atoms with van der Waals surface area (Å²) in [5.41, 5.74) is 2.36. The van der Waals surface area contributed by atoms with Crippen LogP contribution in [0.3, 0.4) is 0 Å². The summed E-state index contributed by atoms with van der Waals surface area (Å²) in [5, 5.41) is 2.35. The van der Waals surface area contributed by atoms with Crippen LogP contribution in [0.25, 0.3) is 10.8 Å². The zero-order valence-corrected chi connectivity index (χ0v) is 20.2. The molecule has 2 atom stereocenters. The second kappa shape index (κ2) is 11.3. The van der Waals surface area contributed by atoms with Crippen LogP contribution in [0.15, 0.2) is 48.5 Å². The first-order valence-corrected chi connectivity index (χ1v) is 12.5. The third-order valence-electron chi connectivity index (χ3n) is 6.91. The molecule has 1 aliphatic rings. The van der Waals surface area contributed by atoms with Gasteiger partial charge in [0.05, 0.1) is 0 Å². The minimum atomic E-state index is -5.19. The van der Waals surface area contributed by atoms with Gasteiger partial charge in [0.15, 0.2) is 11.6 Å². The molecule has 0 aromatic heterocycles. The molecular weight excluding hydrogens is 471 g/mol. The van der Waals surface area contributed by atoms with Gasteiger partial charge in [0.2, 0.25) is 5.75 Å². The van der Waals surface area contributed by atoms with Crippen molar-refractivity contribution in [2.24, 2.45) is 5.92 Å². The Hall–Kier alpha value is -3.07. The number of fused-ring (bicyclic) bond motifs is 3. The quantitative estimate of drug-likeness (QED) is 0.179. The number of alkyl halides is 3. The van der Waals surface area contributed by atoms with Crippen molar-refractivity contribution in [3.63, 3.8) is 0 Å². The van der Waals surface area contributed by atoms with Gasteiger partial charge in [-0.1, -0.05) is 87.3 Å². The summed E-state index contributed by atoms with van der Waals surface area (Å²) in [5.74, 6) is 1.94. The summed E-state index contributed by atoms with van der Waals surface area (Å²) < 4.78 is 69.4. The van der Waals surface area contributed by atoms with Crippen molar-refractivity contribution in [2.75, 3.05) is 0 Å². The zero-order valence-electron chi connectivity index (χ0n) is 20.2. The lowest BCUT2D eigenvalue weighted by molar-refractivity contribution is -0.276. The van der Waals surface area contributed by atoms with Gasteiger partial charge >= 0.3 is 6.36 Å². The van der Waals surface area contributed by atoms with Gasteiger partial charge in [-0.15, -0.1) is 13.2 Å². The molecule has 0 saturated heterocycles. The van der Waals surface area contributed by atoms with Crippen LogP contribution in [0.4, 0.5) is 22.0 Å². The van der Waals surface area contributed by atoms with Crippen molar-refractivity contribution >= 4 is 10.8 Å². The monoisotopic (exact) mass is 500 g/mol. The number of rotatable bonds is 7. The summed E-state index contributed by atoms with van der Waals surface area (Å²) in [6, 6.07) is 14.0. The normalized spacial score (nSPS) is 17.4. The fourth-order valence-electron chi connectivity index (χ4n) is 5.20. The van der Waals surface area contributed by atoms with Crippen LogP contribution in [0.2, 0.25) is 0 Å². The molecule has 0 N–H and O–H groups in total. The maximum Gasteiger partial charge on any atom is 0.573 e. The van der Waals surface area contributed by atoms with Crippen LogP contribution in [-0.2, 0) is 6.42 Å². The number of unbranched alkanes of at least 4 members (excludes halogenated alkanes) is 4. The molecule has 3 aromatic carbocycles. The fraction of sp³-hybridized carbons (Fsp3) is 0.400. The van der Waals surface area contributed by atoms with E-state index in [0.717, 1.165) is 55.2 Å². The molecule has 0 unspecified atom stereocenters. The predicted octanol–water partition coefficient (Wildman–Crippen LogP) is 9.07. The number of aryl methyl sites for hydroxylation is 1. The van der Waals surface area contributed by atoms with E-state index in [-0.39, 0.29) is 11.5 Å². The van der Waals surface area contributed by atoms with Gasteiger partial charge in [-0.3, -0.25) is 0 Å². The van der Waals surface area contributed by atoms with E-state index in [4.69, 9.17) is 0 Å². The first kappa shape index (κ1) is 26.0. The lowest BCUT2D eigenvalue weighted by Crippen LogP contribution is -2.20. The smallest absolute Gasteiger partial charge is 0.399 e. The molecular formula is C30H29F5O. The molecule has 36 heavy (non-hydrogen) atoms. The molecule has 1 aliphatic carbocycles. The van der Waals surface area contributed by atoms with Crippen molar-refractivity contribution < 1.29 is 26.7 Å². The van der Waals surface area contributed by atoms with Crippen LogP contribution in [0, 0.1) is 29.4 Å². The molecule has 190 valence electrons. The highest BCUT2D eigenvalue weighted by Crippen LogP contribution is 2.41. The Bertz CT molecular complexity index is 1240. The highest BCUT2D eigenvalue weighted by molar-refractivity contribution is 5.87. The van der Waals surface area contributed by atoms with Crippen LogP contribution in [0.1, 0.15) is 74.5 Å². The summed E-state index contributed by atoms with van der Waals surface area (Å²) in [7, 11) is 0. The Balaban J connectivity index is 1.66. The molecule has 1 nitrogen and oxygen atoms in total. The largest absolute Gasteiger partial charge is 0.573 e. The predicted molar refractivity (Wildman–Crippen MR) is 132 cm³/mol. The highest BCUT2D eigenvalue weighted by atomic mass is 19.4. The minimum absolute atomic E-state index is 0.0193. The first-order chi connectivity index (χ1) is 17.3. The maximum absolute atomic E-state index is 14.2. The van der Waals surface area contributed by atoms with Crippen LogP contribution >= 0.6 is 0 Å². The number of benzene rings is 3. The molecule has 0 spiro atoms. The average Bonchev–Trinajstić information content (AvgIpc) is 2.84. The average molecular weight is 501 g/mol. The van der Waals surface area contributed by atoms with Gasteiger partial charge < -0.3 is 4.74 Å². The molecule has 0 aliphatic heterocycles. The Labute approximate surface area is 208 Å². The molecule has 0 heterocycles. The standard InChI is InChI=1S/C30H29F5O/c1-2-3-4-5-6-9-22-14-16-25-23-11-8-7-10-21(23)13-17-26(25)24(22)15-12-20-18-27(31)29(28(32)19-20)36-30(33,34)35/h7-8,10-11,13,17-19,22,24H,2-6,9,14,16H2,1H3/t22-,24+/m1/s1. The Morgan fingerprint density at radius 3 is 2.39 bits per heavy atom. The number of ether oxygens (including phenoxy) is 1. The lowest BCUT2D eigenvalue weighted by Gasteiger charge is -2.31. The van der Waals surface area contributed by atoms with E-state index in [1.165, 1.54) is 30.2 Å². The van der Waals surface area contributed by atoms with E-state index in [2.05, 4.69) is 47.8 Å². The van der Waals surface area contributed by atoms with E-state index in [9.17, 15) is 22.0 Å². The van der Waals surface area contributed by atoms with Crippen molar-refractivity contribution in [1.82, 2.24) is 0 Å². The van der Waals surface area contributed by atoms with Crippen molar-refractivity contribution in [2.45, 2.75) is 70.6 Å². The van der Waals surface area contributed by atoms with E-state index in [1.807, 2.05) is 12.1 Å². The molecule has 0 radical (unpaired) electrons. The van der Waals surface area contributed by atoms with Crippen molar-refractivity contribution in [3.8, 4) is 17.6 Å². The highest BCUT2D eigenvalue weighted by Gasteiger charge is 2.34. The van der Waals surface area contributed by atoms with E-state index in [0.29, 0.717) is 5.92 Å². The molecule has 0 saturated carbocycles. The molecule has 6 heteroatoms. The molecule has 0 amide bonds. The Kier molecular flexibility index (Phi) is 8.18. The maximum atomic E-state index is 14.2. The van der Waals surface area contributed by atoms with Gasteiger partial charge in [-0.05, 0) is 59.2 Å². The molecule has 0 bridgehead atoms. The second-order valence-electron chi connectivity index (χ2n) is 9.42. The van der Waals surface area contributed by atoms with E-state index in [1.54, 1.807) is 0 Å². The second-order valence-corrected chi connectivity index (χ2v) is 9.42. The topological polar surface area (TPSA) is 9.23 Å². The van der Waals surface area contributed by atoms with Crippen LogP contribution in [0.5, 0.6) is 5.75 Å². The first-order valence-electron chi connectivity index (χ1n) is 12.5. The van der Waals surface area contributed by atoms with Gasteiger partial charge in [0.25, 0.3) is 0 Å². The lowest BCUT2D eigenvalue weighted by atomic mass is 9.72. The minimum Gasteiger partial charge on any atom is -0.399 e. The third-order valence-corrected chi connectivity index (χ3v) is 6.91. The molecule has 4 rings (SSSR count). The molecule has 0 fully saturated rings. The van der Waals surface area contributed by atoms with Crippen molar-refractivity contribution in [1.29, 1.82) is 0 Å². The summed E-state index contributed by atoms with van der Waals surface area (Å²) in [6.45, 7) is 2.18. The summed E-state index contributed by atoms with van der Waals surface area (Å²) in [4.78, 5) is 0. The third kappa shape index (κ3) is 6.19. The SMILES string of the molecule is CCCCCCC[C@@H]1CCc2c(ccc3ccccc23)[C@H]1C#Cc1cc(F)c(OC(F)(F)F)c(F)c1. The fourth-order valence-corrected chi connectivity index (χ4v) is 5.20.